The number of alkyl halides is 1. The van der Waals surface area contributed by atoms with E-state index in [0.717, 1.165) is 0 Å². The lowest BCUT2D eigenvalue weighted by atomic mass is 9.79. The van der Waals surface area contributed by atoms with Gasteiger partial charge in [-0.15, -0.1) is 0 Å². The first-order chi connectivity index (χ1) is 6.07. The fourth-order valence-electron chi connectivity index (χ4n) is 1.73. The van der Waals surface area contributed by atoms with E-state index in [0.29, 0.717) is 0 Å². The van der Waals surface area contributed by atoms with Crippen molar-refractivity contribution < 1.29 is 19.3 Å². The van der Waals surface area contributed by atoms with Crippen molar-refractivity contribution in [1.82, 2.24) is 0 Å². The summed E-state index contributed by atoms with van der Waals surface area (Å²) in [6, 6.07) is 0. The largest absolute Gasteiger partial charge is 0.393 e. The number of rotatable bonds is 2. The summed E-state index contributed by atoms with van der Waals surface area (Å²) >= 11 is 0. The van der Waals surface area contributed by atoms with Crippen molar-refractivity contribution in [3.63, 3.8) is 0 Å². The van der Waals surface area contributed by atoms with Crippen molar-refractivity contribution in [3.05, 3.63) is 0 Å². The van der Waals surface area contributed by atoms with Crippen LogP contribution in [0.15, 0.2) is 0 Å². The zero-order chi connectivity index (χ0) is 10.1. The van der Waals surface area contributed by atoms with Crippen LogP contribution in [0.4, 0.5) is 4.39 Å². The molecule has 1 aliphatic rings. The molecule has 0 aromatic carbocycles. The second-order valence-corrected chi connectivity index (χ2v) is 3.90. The summed E-state index contributed by atoms with van der Waals surface area (Å²) in [6.07, 6.45) is -1.02. The first kappa shape index (κ1) is 10.9. The number of hydrogen-bond acceptors (Lipinski definition) is 3. The van der Waals surface area contributed by atoms with Crippen LogP contribution in [0.5, 0.6) is 0 Å². The Morgan fingerprint density at radius 2 is 1.92 bits per heavy atom. The molecule has 0 unspecified atom stereocenters. The van der Waals surface area contributed by atoms with Crippen molar-refractivity contribution in [2.24, 2.45) is 11.8 Å². The van der Waals surface area contributed by atoms with E-state index in [2.05, 4.69) is 0 Å². The summed E-state index contributed by atoms with van der Waals surface area (Å²) in [5.74, 6) is -0.632. The predicted octanol–water partition coefficient (Wildman–Crippen LogP) is 0.350. The van der Waals surface area contributed by atoms with Gasteiger partial charge in [0.05, 0.1) is 19.8 Å². The maximum Gasteiger partial charge on any atom is 0.119 e. The van der Waals surface area contributed by atoms with Crippen LogP contribution in [-0.2, 0) is 4.74 Å². The van der Waals surface area contributed by atoms with Crippen LogP contribution >= 0.6 is 0 Å². The maximum atomic E-state index is 13.5. The molecule has 1 aliphatic heterocycles. The normalized spacial score (nSPS) is 39.0. The van der Waals surface area contributed by atoms with Gasteiger partial charge >= 0.3 is 0 Å². The van der Waals surface area contributed by atoms with E-state index in [4.69, 9.17) is 14.9 Å². The summed E-state index contributed by atoms with van der Waals surface area (Å²) < 4.78 is 18.9. The Hall–Kier alpha value is -0.190. The molecule has 78 valence electrons. The molecule has 2 N–H and O–H groups in total. The molecule has 0 amide bonds. The first-order valence-corrected chi connectivity index (χ1v) is 4.57. The highest BCUT2D eigenvalue weighted by molar-refractivity contribution is 4.94. The molecule has 0 aromatic rings. The first-order valence-electron chi connectivity index (χ1n) is 4.57. The summed E-state index contributed by atoms with van der Waals surface area (Å²) in [7, 11) is 0. The molecule has 0 saturated carbocycles. The minimum absolute atomic E-state index is 0.166. The van der Waals surface area contributed by atoms with E-state index in [1.54, 1.807) is 13.8 Å². The van der Waals surface area contributed by atoms with Gasteiger partial charge in [-0.25, -0.2) is 4.39 Å². The number of aliphatic hydroxyl groups excluding tert-OH is 2. The van der Waals surface area contributed by atoms with E-state index in [9.17, 15) is 4.39 Å². The van der Waals surface area contributed by atoms with Gasteiger partial charge in [-0.1, -0.05) is 13.8 Å². The van der Waals surface area contributed by atoms with Gasteiger partial charge in [-0.2, -0.15) is 0 Å². The van der Waals surface area contributed by atoms with Crippen LogP contribution in [0.3, 0.4) is 0 Å². The molecule has 1 saturated heterocycles. The van der Waals surface area contributed by atoms with Crippen LogP contribution in [0.25, 0.3) is 0 Å². The zero-order valence-electron chi connectivity index (χ0n) is 8.03. The van der Waals surface area contributed by atoms with Gasteiger partial charge in [-0.3, -0.25) is 0 Å². The van der Waals surface area contributed by atoms with E-state index >= 15 is 0 Å². The zero-order valence-corrected chi connectivity index (χ0v) is 8.03. The predicted molar refractivity (Wildman–Crippen MR) is 46.1 cm³/mol. The Balaban J connectivity index is 2.77. The van der Waals surface area contributed by atoms with Gasteiger partial charge in [0.2, 0.25) is 0 Å². The van der Waals surface area contributed by atoms with Crippen LogP contribution in [0, 0.1) is 11.8 Å². The summed E-state index contributed by atoms with van der Waals surface area (Å²) in [6.45, 7) is 3.01. The molecule has 0 spiro atoms. The molecule has 3 nitrogen and oxygen atoms in total. The highest BCUT2D eigenvalue weighted by atomic mass is 19.1. The molecule has 0 radical (unpaired) electrons. The molecule has 1 heterocycles. The molecule has 0 aromatic heterocycles. The number of ether oxygens (including phenoxy) is 1. The minimum atomic E-state index is -1.09. The maximum absolute atomic E-state index is 13.5. The third-order valence-corrected chi connectivity index (χ3v) is 3.02. The van der Waals surface area contributed by atoms with E-state index in [1.165, 1.54) is 0 Å². The van der Waals surface area contributed by atoms with Crippen LogP contribution in [0.1, 0.15) is 13.8 Å². The SMILES string of the molecule is C[C@H]1COC(CO)(CO)[C@@H](C)[C@H]1F. The molecule has 0 aliphatic carbocycles. The van der Waals surface area contributed by atoms with Gasteiger partial charge in [0.1, 0.15) is 11.8 Å². The second kappa shape index (κ2) is 3.90. The van der Waals surface area contributed by atoms with Crippen molar-refractivity contribution >= 4 is 0 Å². The lowest BCUT2D eigenvalue weighted by molar-refractivity contribution is -0.199. The molecule has 3 atom stereocenters. The highest BCUT2D eigenvalue weighted by Crippen LogP contribution is 2.35. The summed E-state index contributed by atoms with van der Waals surface area (Å²) in [5.41, 5.74) is -1.09. The van der Waals surface area contributed by atoms with Crippen LogP contribution in [-0.4, -0.2) is 41.8 Å². The van der Waals surface area contributed by atoms with Gasteiger partial charge in [0, 0.05) is 11.8 Å². The van der Waals surface area contributed by atoms with Crippen LogP contribution in [0.2, 0.25) is 0 Å². The fourth-order valence-corrected chi connectivity index (χ4v) is 1.73. The number of aliphatic hydroxyl groups is 2. The third-order valence-electron chi connectivity index (χ3n) is 3.02. The Morgan fingerprint density at radius 1 is 1.38 bits per heavy atom. The van der Waals surface area contributed by atoms with Gasteiger partial charge in [0.25, 0.3) is 0 Å². The van der Waals surface area contributed by atoms with Crippen molar-refractivity contribution in [1.29, 1.82) is 0 Å². The standard InChI is InChI=1S/C9H17FO3/c1-6-3-13-9(4-11,5-12)7(2)8(6)10/h6-8,11-12H,3-5H2,1-2H3/t6-,7-,8-/m0/s1. The molecular weight excluding hydrogens is 175 g/mol. The third kappa shape index (κ3) is 1.71. The lowest BCUT2D eigenvalue weighted by Gasteiger charge is -2.44. The Bertz CT molecular complexity index is 170. The molecule has 1 fully saturated rings. The topological polar surface area (TPSA) is 49.7 Å². The smallest absolute Gasteiger partial charge is 0.119 e. The van der Waals surface area contributed by atoms with Gasteiger partial charge in [-0.05, 0) is 0 Å². The number of hydrogen-bond donors (Lipinski definition) is 2. The molecular formula is C9H17FO3. The average Bonchev–Trinajstić information content (AvgIpc) is 2.16. The van der Waals surface area contributed by atoms with E-state index in [1.807, 2.05) is 0 Å². The Kier molecular flexibility index (Phi) is 3.27. The monoisotopic (exact) mass is 192 g/mol. The quantitative estimate of drug-likeness (QED) is 0.663. The summed E-state index contributed by atoms with van der Waals surface area (Å²) in [5, 5.41) is 18.1. The van der Waals surface area contributed by atoms with Crippen molar-refractivity contribution in [2.45, 2.75) is 25.6 Å². The molecule has 1 rings (SSSR count). The minimum Gasteiger partial charge on any atom is -0.393 e. The Morgan fingerprint density at radius 3 is 2.38 bits per heavy atom. The molecule has 13 heavy (non-hydrogen) atoms. The molecule has 4 heteroatoms. The van der Waals surface area contributed by atoms with E-state index in [-0.39, 0.29) is 25.7 Å². The van der Waals surface area contributed by atoms with E-state index < -0.39 is 17.7 Å². The van der Waals surface area contributed by atoms with Crippen molar-refractivity contribution in [2.75, 3.05) is 19.8 Å². The van der Waals surface area contributed by atoms with Gasteiger partial charge in [0.15, 0.2) is 0 Å². The highest BCUT2D eigenvalue weighted by Gasteiger charge is 2.46. The average molecular weight is 192 g/mol. The number of halogens is 1. The van der Waals surface area contributed by atoms with Crippen LogP contribution < -0.4 is 0 Å². The lowest BCUT2D eigenvalue weighted by Crippen LogP contribution is -2.56. The second-order valence-electron chi connectivity index (χ2n) is 3.90. The molecule has 0 bridgehead atoms. The van der Waals surface area contributed by atoms with Gasteiger partial charge < -0.3 is 14.9 Å². The Labute approximate surface area is 77.5 Å². The summed E-state index contributed by atoms with van der Waals surface area (Å²) in [4.78, 5) is 0. The van der Waals surface area contributed by atoms with Crippen molar-refractivity contribution in [3.8, 4) is 0 Å². The fraction of sp³-hybridized carbons (Fsp3) is 1.00.